The molecule has 0 radical (unpaired) electrons. The number of hydrogen-bond donors (Lipinski definition) is 1. The van der Waals surface area contributed by atoms with E-state index in [0.29, 0.717) is 17.9 Å². The van der Waals surface area contributed by atoms with E-state index in [0.717, 1.165) is 16.4 Å². The van der Waals surface area contributed by atoms with Crippen molar-refractivity contribution in [1.29, 1.82) is 0 Å². The lowest BCUT2D eigenvalue weighted by molar-refractivity contribution is -0.141. The predicted molar refractivity (Wildman–Crippen MR) is 157 cm³/mol. The molecule has 3 aromatic carbocycles. The Hall–Kier alpha value is -4.19. The second-order valence-electron chi connectivity index (χ2n) is 11.1. The van der Waals surface area contributed by atoms with Crippen LogP contribution in [0.15, 0.2) is 71.6 Å². The number of nitrogens with one attached hydrogen (secondary N) is 1. The average molecular weight is 616 g/mol. The lowest BCUT2D eigenvalue weighted by Crippen LogP contribution is -2.55. The standard InChI is InChI=1S/C31H35F2N3O6S/c1-5-26(30(38)34-31(2,3)4)35(19-21-6-8-22(32)9-7-21)29(37)20-36(24-12-10-23(33)11-13-24)43(39,40)25-14-15-27-28(18-25)42-17-16-41-27/h6-15,18,26H,5,16-17,19-20H2,1-4H3,(H,34,38). The van der Waals surface area contributed by atoms with Crippen molar-refractivity contribution in [2.45, 2.75) is 57.1 Å². The third kappa shape index (κ3) is 7.81. The minimum absolute atomic E-state index is 0.0403. The first-order valence-electron chi connectivity index (χ1n) is 13.8. The van der Waals surface area contributed by atoms with Gasteiger partial charge in [0.05, 0.1) is 10.6 Å². The molecule has 0 bridgehead atoms. The van der Waals surface area contributed by atoms with Gasteiger partial charge in [0.25, 0.3) is 10.0 Å². The Balaban J connectivity index is 1.75. The first kappa shape index (κ1) is 31.7. The maximum atomic E-state index is 14.1. The zero-order chi connectivity index (χ0) is 31.4. The van der Waals surface area contributed by atoms with Crippen LogP contribution in [0.1, 0.15) is 39.7 Å². The zero-order valence-corrected chi connectivity index (χ0v) is 25.3. The van der Waals surface area contributed by atoms with Crippen molar-refractivity contribution in [1.82, 2.24) is 10.2 Å². The molecule has 0 fully saturated rings. The summed E-state index contributed by atoms with van der Waals surface area (Å²) in [7, 11) is -4.41. The molecule has 4 rings (SSSR count). The van der Waals surface area contributed by atoms with E-state index in [1.54, 1.807) is 27.7 Å². The van der Waals surface area contributed by atoms with Crippen molar-refractivity contribution < 1.29 is 36.3 Å². The molecule has 0 aromatic heterocycles. The van der Waals surface area contributed by atoms with E-state index in [1.165, 1.54) is 59.5 Å². The number of sulfonamides is 1. The van der Waals surface area contributed by atoms with Crippen LogP contribution in [0.4, 0.5) is 14.5 Å². The van der Waals surface area contributed by atoms with E-state index in [1.807, 2.05) is 0 Å². The fraction of sp³-hybridized carbons (Fsp3) is 0.355. The molecule has 0 saturated heterocycles. The van der Waals surface area contributed by atoms with Crippen LogP contribution in [-0.2, 0) is 26.2 Å². The molecule has 1 N–H and O–H groups in total. The van der Waals surface area contributed by atoms with Crippen LogP contribution in [-0.4, -0.2) is 56.5 Å². The second kappa shape index (κ2) is 13.0. The Bertz CT molecular complexity index is 1560. The summed E-state index contributed by atoms with van der Waals surface area (Å²) in [6.45, 7) is 6.92. The van der Waals surface area contributed by atoms with E-state index < -0.39 is 51.6 Å². The van der Waals surface area contributed by atoms with Gasteiger partial charge in [-0.2, -0.15) is 0 Å². The summed E-state index contributed by atoms with van der Waals surface area (Å²) < 4.78 is 67.6. The fourth-order valence-corrected chi connectivity index (χ4v) is 6.04. The van der Waals surface area contributed by atoms with Crippen molar-refractivity contribution in [2.75, 3.05) is 24.1 Å². The van der Waals surface area contributed by atoms with Gasteiger partial charge in [-0.05, 0) is 81.3 Å². The number of carbonyl (C=O) groups is 2. The summed E-state index contributed by atoms with van der Waals surface area (Å²) in [6, 6.07) is 13.3. The molecule has 1 atom stereocenters. The largest absolute Gasteiger partial charge is 0.486 e. The summed E-state index contributed by atoms with van der Waals surface area (Å²) in [5, 5.41) is 2.88. The van der Waals surface area contributed by atoms with E-state index in [2.05, 4.69) is 5.32 Å². The van der Waals surface area contributed by atoms with Gasteiger partial charge in [0, 0.05) is 18.2 Å². The highest BCUT2D eigenvalue weighted by Crippen LogP contribution is 2.34. The Morgan fingerprint density at radius 3 is 2.07 bits per heavy atom. The molecule has 12 heteroatoms. The molecule has 230 valence electrons. The third-order valence-corrected chi connectivity index (χ3v) is 8.42. The SMILES string of the molecule is CCC(C(=O)NC(C)(C)C)N(Cc1ccc(F)cc1)C(=O)CN(c1ccc(F)cc1)S(=O)(=O)c1ccc2c(c1)OCCO2. The molecule has 1 unspecified atom stereocenters. The Labute approximate surface area is 250 Å². The number of amides is 2. The fourth-order valence-electron chi connectivity index (χ4n) is 4.61. The summed E-state index contributed by atoms with van der Waals surface area (Å²) in [5.41, 5.74) is -0.0186. The van der Waals surface area contributed by atoms with Crippen molar-refractivity contribution in [3.8, 4) is 11.5 Å². The van der Waals surface area contributed by atoms with Crippen LogP contribution in [0.5, 0.6) is 11.5 Å². The highest BCUT2D eigenvalue weighted by molar-refractivity contribution is 7.92. The zero-order valence-electron chi connectivity index (χ0n) is 24.5. The molecule has 0 aliphatic carbocycles. The number of benzene rings is 3. The number of halogens is 2. The monoisotopic (exact) mass is 615 g/mol. The third-order valence-electron chi connectivity index (χ3n) is 6.65. The minimum Gasteiger partial charge on any atom is -0.486 e. The highest BCUT2D eigenvalue weighted by atomic mass is 32.2. The summed E-state index contributed by atoms with van der Waals surface area (Å²) in [5.74, 6) is -1.54. The molecule has 0 saturated carbocycles. The van der Waals surface area contributed by atoms with Gasteiger partial charge in [-0.15, -0.1) is 0 Å². The molecule has 0 spiro atoms. The van der Waals surface area contributed by atoms with E-state index in [-0.39, 0.29) is 35.9 Å². The van der Waals surface area contributed by atoms with Gasteiger partial charge in [0.2, 0.25) is 11.8 Å². The number of anilines is 1. The summed E-state index contributed by atoms with van der Waals surface area (Å²) in [4.78, 5) is 28.6. The number of rotatable bonds is 10. The smallest absolute Gasteiger partial charge is 0.264 e. The summed E-state index contributed by atoms with van der Waals surface area (Å²) >= 11 is 0. The molecular weight excluding hydrogens is 580 g/mol. The van der Waals surface area contributed by atoms with Crippen LogP contribution in [0, 0.1) is 11.6 Å². The number of carbonyl (C=O) groups excluding carboxylic acids is 2. The Morgan fingerprint density at radius 2 is 1.49 bits per heavy atom. The van der Waals surface area contributed by atoms with Gasteiger partial charge in [-0.25, -0.2) is 17.2 Å². The lowest BCUT2D eigenvalue weighted by Gasteiger charge is -2.34. The number of hydrogen-bond acceptors (Lipinski definition) is 6. The molecule has 2 amide bonds. The predicted octanol–water partition coefficient (Wildman–Crippen LogP) is 4.65. The van der Waals surface area contributed by atoms with Crippen molar-refractivity contribution >= 4 is 27.5 Å². The van der Waals surface area contributed by atoms with E-state index in [4.69, 9.17) is 9.47 Å². The highest BCUT2D eigenvalue weighted by Gasteiger charge is 2.35. The number of fused-ring (bicyclic) bond motifs is 1. The molecule has 1 aliphatic rings. The van der Waals surface area contributed by atoms with Crippen LogP contribution < -0.4 is 19.1 Å². The van der Waals surface area contributed by atoms with Crippen LogP contribution in [0.3, 0.4) is 0 Å². The molecule has 43 heavy (non-hydrogen) atoms. The second-order valence-corrected chi connectivity index (χ2v) is 13.0. The number of nitrogens with zero attached hydrogens (tertiary/aromatic N) is 2. The van der Waals surface area contributed by atoms with Crippen molar-refractivity contribution in [2.24, 2.45) is 0 Å². The van der Waals surface area contributed by atoms with E-state index >= 15 is 0 Å². The quantitative estimate of drug-likeness (QED) is 0.356. The topological polar surface area (TPSA) is 105 Å². The number of ether oxygens (including phenoxy) is 2. The molecular formula is C31H35F2N3O6S. The molecule has 3 aromatic rings. The molecule has 9 nitrogen and oxygen atoms in total. The average Bonchev–Trinajstić information content (AvgIpc) is 2.96. The minimum atomic E-state index is -4.41. The lowest BCUT2D eigenvalue weighted by atomic mass is 10.1. The van der Waals surface area contributed by atoms with Crippen LogP contribution >= 0.6 is 0 Å². The summed E-state index contributed by atoms with van der Waals surface area (Å²) in [6.07, 6.45) is 0.223. The maximum Gasteiger partial charge on any atom is 0.264 e. The van der Waals surface area contributed by atoms with E-state index in [9.17, 15) is 26.8 Å². The van der Waals surface area contributed by atoms with Crippen molar-refractivity contribution in [3.63, 3.8) is 0 Å². The van der Waals surface area contributed by atoms with Crippen molar-refractivity contribution in [3.05, 3.63) is 83.9 Å². The first-order valence-corrected chi connectivity index (χ1v) is 15.3. The van der Waals surface area contributed by atoms with Crippen LogP contribution in [0.2, 0.25) is 0 Å². The Morgan fingerprint density at radius 1 is 0.907 bits per heavy atom. The first-order chi connectivity index (χ1) is 20.3. The van der Waals surface area contributed by atoms with Gasteiger partial charge in [-0.3, -0.25) is 13.9 Å². The van der Waals surface area contributed by atoms with Gasteiger partial charge >= 0.3 is 0 Å². The molecule has 1 aliphatic heterocycles. The molecule has 1 heterocycles. The van der Waals surface area contributed by atoms with Crippen LogP contribution in [0.25, 0.3) is 0 Å². The maximum absolute atomic E-state index is 14.1. The van der Waals surface area contributed by atoms with Gasteiger partial charge in [-0.1, -0.05) is 19.1 Å². The Kier molecular flexibility index (Phi) is 9.59. The van der Waals surface area contributed by atoms with Gasteiger partial charge < -0.3 is 19.7 Å². The van der Waals surface area contributed by atoms with Gasteiger partial charge in [0.1, 0.15) is 37.4 Å². The van der Waals surface area contributed by atoms with Gasteiger partial charge in [0.15, 0.2) is 11.5 Å². The normalized spacial score (nSPS) is 13.6.